The van der Waals surface area contributed by atoms with Gasteiger partial charge in [0.25, 0.3) is 0 Å². The summed E-state index contributed by atoms with van der Waals surface area (Å²) in [5, 5.41) is 3.31. The monoisotopic (exact) mass is 269 g/mol. The molecule has 0 bridgehead atoms. The molecule has 1 N–H and O–H groups in total. The highest BCUT2D eigenvalue weighted by Gasteiger charge is 2.18. The number of nitrogens with one attached hydrogen (secondary N) is 1. The topological polar surface area (TPSA) is 64.1 Å². The van der Waals surface area contributed by atoms with E-state index in [0.717, 1.165) is 19.5 Å². The Labute approximate surface area is 117 Å². The number of hydrogen-bond acceptors (Lipinski definition) is 5. The van der Waals surface area contributed by atoms with Gasteiger partial charge in [-0.05, 0) is 30.2 Å². The van der Waals surface area contributed by atoms with Crippen LogP contribution in [0, 0.1) is 0 Å². The van der Waals surface area contributed by atoms with Crippen LogP contribution in [0.15, 0.2) is 30.6 Å². The van der Waals surface area contributed by atoms with Crippen LogP contribution in [0.3, 0.4) is 0 Å². The Balaban J connectivity index is 1.98. The van der Waals surface area contributed by atoms with Gasteiger partial charge >= 0.3 is 0 Å². The van der Waals surface area contributed by atoms with E-state index in [4.69, 9.17) is 4.74 Å². The predicted molar refractivity (Wildman–Crippen MR) is 73.9 cm³/mol. The summed E-state index contributed by atoms with van der Waals surface area (Å²) in [5.41, 5.74) is 3.33. The van der Waals surface area contributed by atoms with Crippen molar-refractivity contribution in [3.05, 3.63) is 53.0 Å². The zero-order valence-corrected chi connectivity index (χ0v) is 11.2. The summed E-state index contributed by atoms with van der Waals surface area (Å²) in [6.45, 7) is 1.78. The molecule has 0 spiro atoms. The molecule has 0 saturated carbocycles. The van der Waals surface area contributed by atoms with Crippen LogP contribution < -0.4 is 10.1 Å². The fourth-order valence-corrected chi connectivity index (χ4v) is 2.39. The molecule has 0 unspecified atom stereocenters. The van der Waals surface area contributed by atoms with Crippen molar-refractivity contribution in [2.75, 3.05) is 13.7 Å². The second kappa shape index (κ2) is 5.38. The van der Waals surface area contributed by atoms with E-state index >= 15 is 0 Å². The van der Waals surface area contributed by atoms with Gasteiger partial charge in [0, 0.05) is 24.5 Å². The van der Waals surface area contributed by atoms with Crippen molar-refractivity contribution in [2.45, 2.75) is 13.0 Å². The van der Waals surface area contributed by atoms with E-state index in [1.54, 1.807) is 0 Å². The number of rotatable bonds is 3. The van der Waals surface area contributed by atoms with Gasteiger partial charge < -0.3 is 10.1 Å². The van der Waals surface area contributed by atoms with Crippen LogP contribution in [-0.2, 0) is 13.0 Å². The van der Waals surface area contributed by atoms with Gasteiger partial charge in [-0.25, -0.2) is 9.97 Å². The average Bonchev–Trinajstić information content (AvgIpc) is 2.53. The Morgan fingerprint density at radius 1 is 1.25 bits per heavy atom. The number of ether oxygens (including phenoxy) is 1. The number of nitrogens with zero attached hydrogens (tertiary/aromatic N) is 2. The molecule has 1 aliphatic heterocycles. The van der Waals surface area contributed by atoms with Crippen molar-refractivity contribution in [3.63, 3.8) is 0 Å². The third kappa shape index (κ3) is 2.28. The Morgan fingerprint density at radius 3 is 2.95 bits per heavy atom. The molecule has 0 aliphatic carbocycles. The number of hydrogen-bond donors (Lipinski definition) is 1. The van der Waals surface area contributed by atoms with Crippen LogP contribution in [0.2, 0.25) is 0 Å². The van der Waals surface area contributed by atoms with E-state index in [1.165, 1.54) is 30.6 Å². The van der Waals surface area contributed by atoms with Gasteiger partial charge in [0.15, 0.2) is 5.69 Å². The maximum Gasteiger partial charge on any atom is 0.243 e. The Bertz CT molecular complexity index is 655. The van der Waals surface area contributed by atoms with Crippen molar-refractivity contribution >= 4 is 5.78 Å². The third-order valence-electron chi connectivity index (χ3n) is 3.43. The van der Waals surface area contributed by atoms with Gasteiger partial charge in [0.2, 0.25) is 11.7 Å². The number of methoxy groups -OCH3 is 1. The van der Waals surface area contributed by atoms with Gasteiger partial charge in [0.05, 0.1) is 7.11 Å². The molecule has 0 fully saturated rings. The summed E-state index contributed by atoms with van der Waals surface area (Å²) in [7, 11) is 1.48. The van der Waals surface area contributed by atoms with E-state index in [1.807, 2.05) is 18.2 Å². The molecule has 3 rings (SSSR count). The summed E-state index contributed by atoms with van der Waals surface area (Å²) < 4.78 is 5.09. The van der Waals surface area contributed by atoms with Crippen LogP contribution in [0.5, 0.6) is 5.88 Å². The van der Waals surface area contributed by atoms with Crippen molar-refractivity contribution in [1.29, 1.82) is 0 Å². The molecule has 2 aromatic rings. The highest BCUT2D eigenvalue weighted by molar-refractivity contribution is 6.09. The molecule has 20 heavy (non-hydrogen) atoms. The quantitative estimate of drug-likeness (QED) is 0.852. The van der Waals surface area contributed by atoms with Gasteiger partial charge in [0.1, 0.15) is 0 Å². The summed E-state index contributed by atoms with van der Waals surface area (Å²) in [6, 6.07) is 5.80. The molecule has 1 aromatic carbocycles. The highest BCUT2D eigenvalue weighted by Crippen LogP contribution is 2.20. The van der Waals surface area contributed by atoms with E-state index < -0.39 is 0 Å². The third-order valence-corrected chi connectivity index (χ3v) is 3.43. The predicted octanol–water partition coefficient (Wildman–Crippen LogP) is 1.36. The lowest BCUT2D eigenvalue weighted by molar-refractivity contribution is 0.103. The number of aromatic nitrogens is 2. The number of carbonyl (C=O) groups is 1. The van der Waals surface area contributed by atoms with E-state index in [2.05, 4.69) is 15.3 Å². The first-order valence-electron chi connectivity index (χ1n) is 6.52. The van der Waals surface area contributed by atoms with Crippen molar-refractivity contribution in [1.82, 2.24) is 15.3 Å². The van der Waals surface area contributed by atoms with Crippen LogP contribution in [-0.4, -0.2) is 29.4 Å². The Hall–Kier alpha value is -2.27. The maximum atomic E-state index is 12.5. The van der Waals surface area contributed by atoms with Crippen molar-refractivity contribution in [3.8, 4) is 5.88 Å². The van der Waals surface area contributed by atoms with E-state index in [0.29, 0.717) is 5.56 Å². The van der Waals surface area contributed by atoms with E-state index in [-0.39, 0.29) is 17.4 Å². The summed E-state index contributed by atoms with van der Waals surface area (Å²) >= 11 is 0. The van der Waals surface area contributed by atoms with Gasteiger partial charge in [-0.1, -0.05) is 12.1 Å². The van der Waals surface area contributed by atoms with Crippen molar-refractivity contribution in [2.24, 2.45) is 0 Å². The van der Waals surface area contributed by atoms with Gasteiger partial charge in [-0.2, -0.15) is 0 Å². The molecule has 0 amide bonds. The number of carbonyl (C=O) groups excluding carboxylic acids is 1. The summed E-state index contributed by atoms with van der Waals surface area (Å²) in [6.07, 6.45) is 4.00. The molecular weight excluding hydrogens is 254 g/mol. The molecule has 5 heteroatoms. The molecule has 102 valence electrons. The van der Waals surface area contributed by atoms with Gasteiger partial charge in [-0.15, -0.1) is 0 Å². The number of ketones is 1. The minimum atomic E-state index is -0.164. The van der Waals surface area contributed by atoms with E-state index in [9.17, 15) is 4.79 Å². The number of fused-ring (bicyclic) bond motifs is 1. The fraction of sp³-hybridized carbons (Fsp3) is 0.267. The molecule has 2 heterocycles. The summed E-state index contributed by atoms with van der Waals surface area (Å²) in [5.74, 6) is 0.0941. The van der Waals surface area contributed by atoms with Crippen LogP contribution in [0.4, 0.5) is 0 Å². The minimum Gasteiger partial charge on any atom is -0.479 e. The first kappa shape index (κ1) is 12.7. The standard InChI is InChI=1S/C15H15N3O2/c1-20-15-13(17-6-7-18-15)14(19)11-3-2-10-4-5-16-9-12(10)8-11/h2-3,6-8,16H,4-5,9H2,1H3. The summed E-state index contributed by atoms with van der Waals surface area (Å²) in [4.78, 5) is 20.6. The Kier molecular flexibility index (Phi) is 3.43. The molecule has 0 radical (unpaired) electrons. The highest BCUT2D eigenvalue weighted by atomic mass is 16.5. The average molecular weight is 269 g/mol. The second-order valence-electron chi connectivity index (χ2n) is 4.65. The fourth-order valence-electron chi connectivity index (χ4n) is 2.39. The molecule has 1 aromatic heterocycles. The lowest BCUT2D eigenvalue weighted by atomic mass is 9.96. The SMILES string of the molecule is COc1nccnc1C(=O)c1ccc2c(c1)CNCC2. The minimum absolute atomic E-state index is 0.164. The normalized spacial score (nSPS) is 13.7. The maximum absolute atomic E-state index is 12.5. The largest absolute Gasteiger partial charge is 0.479 e. The van der Waals surface area contributed by atoms with Crippen molar-refractivity contribution < 1.29 is 9.53 Å². The lowest BCUT2D eigenvalue weighted by Gasteiger charge is -2.17. The molecule has 1 aliphatic rings. The Morgan fingerprint density at radius 2 is 2.10 bits per heavy atom. The molecule has 5 nitrogen and oxygen atoms in total. The number of benzene rings is 1. The second-order valence-corrected chi connectivity index (χ2v) is 4.65. The molecule has 0 saturated heterocycles. The molecule has 0 atom stereocenters. The van der Waals surface area contributed by atoms with Crippen LogP contribution >= 0.6 is 0 Å². The van der Waals surface area contributed by atoms with Crippen LogP contribution in [0.1, 0.15) is 27.2 Å². The van der Waals surface area contributed by atoms with Gasteiger partial charge in [-0.3, -0.25) is 4.79 Å². The first-order chi connectivity index (χ1) is 9.79. The lowest BCUT2D eigenvalue weighted by Crippen LogP contribution is -2.24. The molecular formula is C15H15N3O2. The smallest absolute Gasteiger partial charge is 0.243 e. The first-order valence-corrected chi connectivity index (χ1v) is 6.52. The zero-order chi connectivity index (χ0) is 13.9. The zero-order valence-electron chi connectivity index (χ0n) is 11.2. The van der Waals surface area contributed by atoms with Crippen LogP contribution in [0.25, 0.3) is 0 Å².